The third-order valence-corrected chi connectivity index (χ3v) is 7.27. The van der Waals surface area contributed by atoms with E-state index in [4.69, 9.17) is 10.00 Å². The number of amides is 1. The second-order valence-electron chi connectivity index (χ2n) is 8.70. The number of nitrogens with one attached hydrogen (secondary N) is 1. The largest absolute Gasteiger partial charge is 0.486 e. The third-order valence-electron chi connectivity index (χ3n) is 5.50. The highest BCUT2D eigenvalue weighted by molar-refractivity contribution is 7.92. The lowest BCUT2D eigenvalue weighted by molar-refractivity contribution is -0.242. The zero-order chi connectivity index (χ0) is 28.5. The molecule has 2 aromatic rings. The topological polar surface area (TPSA) is 109 Å². The predicted octanol–water partition coefficient (Wildman–Crippen LogP) is 5.85. The molecule has 0 saturated carbocycles. The van der Waals surface area contributed by atoms with Crippen molar-refractivity contribution in [1.82, 2.24) is 0 Å². The van der Waals surface area contributed by atoms with Crippen LogP contribution in [0.2, 0.25) is 0 Å². The maximum Gasteiger partial charge on any atom is 0.427 e. The van der Waals surface area contributed by atoms with Gasteiger partial charge in [-0.1, -0.05) is 6.07 Å². The van der Waals surface area contributed by atoms with E-state index in [0.717, 1.165) is 22.5 Å². The summed E-state index contributed by atoms with van der Waals surface area (Å²) in [5.74, 6) is -0.0377. The number of fused-ring (bicyclic) bond motifs is 1. The Balaban J connectivity index is 2.00. The lowest BCUT2D eigenvalue weighted by Crippen LogP contribution is -2.44. The molecule has 1 atom stereocenters. The number of hydrogen-bond acceptors (Lipinski definition) is 6. The molecular formula is C23H21F6N3O5S. The van der Waals surface area contributed by atoms with Crippen molar-refractivity contribution in [2.75, 3.05) is 16.2 Å². The van der Waals surface area contributed by atoms with E-state index in [9.17, 15) is 39.6 Å². The van der Waals surface area contributed by atoms with Gasteiger partial charge in [0.05, 0.1) is 28.8 Å². The summed E-state index contributed by atoms with van der Waals surface area (Å²) < 4.78 is 117. The summed E-state index contributed by atoms with van der Waals surface area (Å²) in [5.41, 5.74) is -4.39. The van der Waals surface area contributed by atoms with Gasteiger partial charge in [-0.3, -0.25) is 9.62 Å². The second-order valence-corrected chi connectivity index (χ2v) is 10.6. The van der Waals surface area contributed by atoms with Gasteiger partial charge in [-0.25, -0.2) is 13.2 Å². The molecular weight excluding hydrogens is 544 g/mol. The van der Waals surface area contributed by atoms with Crippen LogP contribution in [0.15, 0.2) is 47.4 Å². The molecule has 0 spiro atoms. The molecule has 38 heavy (non-hydrogen) atoms. The molecule has 8 nitrogen and oxygen atoms in total. The fourth-order valence-electron chi connectivity index (χ4n) is 3.39. The van der Waals surface area contributed by atoms with Gasteiger partial charge in [0, 0.05) is 12.1 Å². The lowest BCUT2D eigenvalue weighted by Gasteiger charge is -2.35. The molecule has 1 amide bonds. The summed E-state index contributed by atoms with van der Waals surface area (Å²) >= 11 is 0. The summed E-state index contributed by atoms with van der Waals surface area (Å²) in [4.78, 5) is 11.4. The van der Waals surface area contributed by atoms with Gasteiger partial charge >= 0.3 is 18.4 Å². The zero-order valence-electron chi connectivity index (χ0n) is 19.9. The number of benzene rings is 2. The molecule has 1 aliphatic rings. The van der Waals surface area contributed by atoms with Crippen LogP contribution in [0.25, 0.3) is 0 Å². The molecule has 0 bridgehead atoms. The Kier molecular flexibility index (Phi) is 7.79. The van der Waals surface area contributed by atoms with Crippen molar-refractivity contribution < 1.29 is 49.0 Å². The van der Waals surface area contributed by atoms with Gasteiger partial charge in [-0.2, -0.15) is 31.6 Å². The van der Waals surface area contributed by atoms with E-state index in [1.54, 1.807) is 0 Å². The first kappa shape index (κ1) is 28.9. The number of anilines is 2. The van der Waals surface area contributed by atoms with E-state index in [2.05, 4.69) is 10.1 Å². The summed E-state index contributed by atoms with van der Waals surface area (Å²) in [5, 5.41) is 11.0. The van der Waals surface area contributed by atoms with Crippen LogP contribution in [0.4, 0.5) is 42.5 Å². The molecule has 0 aliphatic carbocycles. The van der Waals surface area contributed by atoms with Gasteiger partial charge in [0.1, 0.15) is 11.9 Å². The Morgan fingerprint density at radius 3 is 2.45 bits per heavy atom. The Bertz CT molecular complexity index is 1350. The van der Waals surface area contributed by atoms with Crippen LogP contribution in [0.5, 0.6) is 5.75 Å². The Morgan fingerprint density at radius 1 is 1.16 bits per heavy atom. The summed E-state index contributed by atoms with van der Waals surface area (Å²) in [6.45, 7) is 0.887. The molecule has 1 heterocycles. The van der Waals surface area contributed by atoms with Crippen molar-refractivity contribution >= 4 is 27.5 Å². The van der Waals surface area contributed by atoms with E-state index in [-0.39, 0.29) is 36.5 Å². The number of ether oxygens (including phenoxy) is 2. The van der Waals surface area contributed by atoms with Crippen LogP contribution in [0.1, 0.15) is 32.3 Å². The molecule has 0 saturated heterocycles. The van der Waals surface area contributed by atoms with Gasteiger partial charge in [-0.05, 0) is 56.7 Å². The van der Waals surface area contributed by atoms with Crippen molar-refractivity contribution in [3.8, 4) is 11.8 Å². The Morgan fingerprint density at radius 2 is 1.84 bits per heavy atom. The van der Waals surface area contributed by atoms with Crippen molar-refractivity contribution in [3.63, 3.8) is 0 Å². The van der Waals surface area contributed by atoms with E-state index in [1.165, 1.54) is 12.1 Å². The van der Waals surface area contributed by atoms with Crippen LogP contribution < -0.4 is 14.4 Å². The fraction of sp³-hybridized carbons (Fsp3) is 0.391. The quantitative estimate of drug-likeness (QED) is 0.440. The van der Waals surface area contributed by atoms with Gasteiger partial charge in [-0.15, -0.1) is 0 Å². The number of hydrogen-bond donors (Lipinski definition) is 1. The second kappa shape index (κ2) is 10.2. The highest BCUT2D eigenvalue weighted by Crippen LogP contribution is 2.41. The minimum absolute atomic E-state index is 0.00207. The molecule has 1 aliphatic heterocycles. The number of nitrogens with zero attached hydrogens (tertiary/aromatic N) is 2. The maximum absolute atomic E-state index is 13.5. The first-order chi connectivity index (χ1) is 17.5. The van der Waals surface area contributed by atoms with Crippen LogP contribution in [-0.4, -0.2) is 38.9 Å². The van der Waals surface area contributed by atoms with Crippen molar-refractivity contribution in [2.24, 2.45) is 0 Å². The smallest absolute Gasteiger partial charge is 0.427 e. The minimum atomic E-state index is -4.87. The van der Waals surface area contributed by atoms with Crippen LogP contribution in [0.3, 0.4) is 0 Å². The molecule has 0 unspecified atom stereocenters. The minimum Gasteiger partial charge on any atom is -0.486 e. The first-order valence-electron chi connectivity index (χ1n) is 10.9. The Labute approximate surface area is 213 Å². The molecule has 0 radical (unpaired) electrons. The normalized spacial score (nSPS) is 16.2. The zero-order valence-corrected chi connectivity index (χ0v) is 20.7. The average molecular weight is 565 g/mol. The van der Waals surface area contributed by atoms with Crippen molar-refractivity contribution in [2.45, 2.75) is 55.6 Å². The van der Waals surface area contributed by atoms with Crippen LogP contribution in [0, 0.1) is 11.3 Å². The Hall–Kier alpha value is -3.67. The fourth-order valence-corrected chi connectivity index (χ4v) is 4.93. The van der Waals surface area contributed by atoms with Crippen molar-refractivity contribution in [1.29, 1.82) is 5.26 Å². The molecule has 2 aromatic carbocycles. The summed E-state index contributed by atoms with van der Waals surface area (Å²) in [7, 11) is -4.63. The van der Waals surface area contributed by atoms with Gasteiger partial charge < -0.3 is 9.47 Å². The first-order valence-corrected chi connectivity index (χ1v) is 12.3. The number of sulfonamides is 1. The SMILES string of the molecule is CC(C)(OC(=O)Nc1ccc2c(c1)N(S(=O)(=O)c1cccc(C(F)(F)F)c1)C[C@H](CCC#N)O2)C(F)(F)F. The highest BCUT2D eigenvalue weighted by Gasteiger charge is 2.51. The number of halogens is 6. The predicted molar refractivity (Wildman–Crippen MR) is 122 cm³/mol. The monoisotopic (exact) mass is 565 g/mol. The third kappa shape index (κ3) is 6.24. The average Bonchev–Trinajstić information content (AvgIpc) is 2.80. The van der Waals surface area contributed by atoms with E-state index >= 15 is 0 Å². The lowest BCUT2D eigenvalue weighted by atomic mass is 10.1. The molecule has 3 rings (SSSR count). The molecule has 0 aromatic heterocycles. The van der Waals surface area contributed by atoms with E-state index in [1.807, 2.05) is 6.07 Å². The number of carbonyl (C=O) groups excluding carboxylic acids is 1. The number of rotatable bonds is 6. The number of carbonyl (C=O) groups is 1. The molecule has 206 valence electrons. The summed E-state index contributed by atoms with van der Waals surface area (Å²) in [6, 6.07) is 8.48. The summed E-state index contributed by atoms with van der Waals surface area (Å²) in [6.07, 6.45) is -11.9. The maximum atomic E-state index is 13.5. The van der Waals surface area contributed by atoms with Crippen molar-refractivity contribution in [3.05, 3.63) is 48.0 Å². The molecule has 0 fully saturated rings. The van der Waals surface area contributed by atoms with Gasteiger partial charge in [0.2, 0.25) is 5.60 Å². The van der Waals surface area contributed by atoms with E-state index < -0.39 is 50.6 Å². The van der Waals surface area contributed by atoms with E-state index in [0.29, 0.717) is 26.0 Å². The standard InChI is InChI=1S/C23H21F6N3O5S/c1-21(2,23(27,28)29)37-20(33)31-15-8-9-19-18(12-15)32(13-16(36-19)6-4-10-30)38(34,35)17-7-3-5-14(11-17)22(24,25)26/h3,5,7-9,11-12,16H,4,6,13H2,1-2H3,(H,31,33)/t16-/m0/s1. The van der Waals surface area contributed by atoms with Crippen LogP contribution in [-0.2, 0) is 20.9 Å². The molecule has 1 N–H and O–H groups in total. The van der Waals surface area contributed by atoms with Crippen LogP contribution >= 0.6 is 0 Å². The molecule has 15 heteroatoms. The number of nitriles is 1. The number of alkyl halides is 6. The van der Waals surface area contributed by atoms with Gasteiger partial charge in [0.15, 0.2) is 0 Å². The highest BCUT2D eigenvalue weighted by atomic mass is 32.2. The van der Waals surface area contributed by atoms with Gasteiger partial charge in [0.25, 0.3) is 10.0 Å².